The quantitative estimate of drug-likeness (QED) is 0.230. The number of hydrogen-bond acceptors (Lipinski definition) is 6. The summed E-state index contributed by atoms with van der Waals surface area (Å²) in [6, 6.07) is 4.84. The summed E-state index contributed by atoms with van der Waals surface area (Å²) in [7, 11) is 0. The van der Waals surface area contributed by atoms with Crippen molar-refractivity contribution in [3.05, 3.63) is 61.3 Å². The van der Waals surface area contributed by atoms with Crippen molar-refractivity contribution < 1.29 is 32.4 Å². The number of nitro groups is 1. The molecule has 0 unspecified atom stereocenters. The SMILES string of the molecule is CC(C)(C)OC(=O)C[C@@H](Nc1cc(Cl)cc(F)c1[N+](=O)[O-])c1c(Br)cccc1OC(F)F. The van der Waals surface area contributed by atoms with E-state index in [0.29, 0.717) is 0 Å². The van der Waals surface area contributed by atoms with Crippen molar-refractivity contribution >= 4 is 44.9 Å². The van der Waals surface area contributed by atoms with Crippen molar-refractivity contribution in [1.29, 1.82) is 0 Å². The van der Waals surface area contributed by atoms with E-state index in [1.54, 1.807) is 20.8 Å². The van der Waals surface area contributed by atoms with Gasteiger partial charge in [0.1, 0.15) is 17.0 Å². The Kier molecular flexibility index (Phi) is 8.35. The maximum absolute atomic E-state index is 14.2. The molecule has 2 aromatic rings. The van der Waals surface area contributed by atoms with Crippen LogP contribution in [0.25, 0.3) is 0 Å². The number of nitrogens with one attached hydrogen (secondary N) is 1. The minimum Gasteiger partial charge on any atom is -0.460 e. The molecule has 0 amide bonds. The van der Waals surface area contributed by atoms with Crippen LogP contribution in [0.5, 0.6) is 5.75 Å². The number of anilines is 1. The van der Waals surface area contributed by atoms with E-state index in [1.165, 1.54) is 18.2 Å². The van der Waals surface area contributed by atoms with Crippen molar-refractivity contribution in [1.82, 2.24) is 0 Å². The van der Waals surface area contributed by atoms with Gasteiger partial charge in [-0.05, 0) is 45.0 Å². The molecule has 2 rings (SSSR count). The zero-order valence-electron chi connectivity index (χ0n) is 17.1. The second kappa shape index (κ2) is 10.4. The lowest BCUT2D eigenvalue weighted by molar-refractivity contribution is -0.386. The number of esters is 1. The number of nitrogens with zero attached hydrogens (tertiary/aromatic N) is 1. The molecular weight excluding hydrogens is 521 g/mol. The number of benzene rings is 2. The molecule has 32 heavy (non-hydrogen) atoms. The molecule has 0 radical (unpaired) electrons. The molecule has 0 aliphatic rings. The van der Waals surface area contributed by atoms with Crippen LogP contribution in [0.1, 0.15) is 38.8 Å². The smallest absolute Gasteiger partial charge is 0.387 e. The molecule has 174 valence electrons. The first-order valence-electron chi connectivity index (χ1n) is 9.13. The van der Waals surface area contributed by atoms with Gasteiger partial charge in [-0.25, -0.2) is 0 Å². The summed E-state index contributed by atoms with van der Waals surface area (Å²) < 4.78 is 50.3. The monoisotopic (exact) mass is 538 g/mol. The van der Waals surface area contributed by atoms with E-state index in [-0.39, 0.29) is 26.5 Å². The fourth-order valence-electron chi connectivity index (χ4n) is 2.88. The van der Waals surface area contributed by atoms with Crippen molar-refractivity contribution in [3.8, 4) is 5.75 Å². The number of carbonyl (C=O) groups is 1. The summed E-state index contributed by atoms with van der Waals surface area (Å²) in [5.74, 6) is -2.24. The van der Waals surface area contributed by atoms with E-state index in [9.17, 15) is 28.1 Å². The van der Waals surface area contributed by atoms with Crippen LogP contribution in [0.15, 0.2) is 34.8 Å². The Morgan fingerprint density at radius 2 is 1.97 bits per heavy atom. The van der Waals surface area contributed by atoms with E-state index < -0.39 is 47.1 Å². The summed E-state index contributed by atoms with van der Waals surface area (Å²) in [4.78, 5) is 23.0. The molecule has 12 heteroatoms. The highest BCUT2D eigenvalue weighted by molar-refractivity contribution is 9.10. The van der Waals surface area contributed by atoms with Crippen molar-refractivity contribution in [2.24, 2.45) is 0 Å². The third kappa shape index (κ3) is 6.99. The topological polar surface area (TPSA) is 90.7 Å². The highest BCUT2D eigenvalue weighted by Gasteiger charge is 2.30. The minimum atomic E-state index is -3.18. The molecule has 7 nitrogen and oxygen atoms in total. The van der Waals surface area contributed by atoms with Gasteiger partial charge in [-0.1, -0.05) is 33.6 Å². The Morgan fingerprint density at radius 3 is 2.53 bits per heavy atom. The third-order valence-electron chi connectivity index (χ3n) is 3.91. The summed E-state index contributed by atoms with van der Waals surface area (Å²) in [5.41, 5.74) is -2.08. The Morgan fingerprint density at radius 1 is 1.31 bits per heavy atom. The fraction of sp³-hybridized carbons (Fsp3) is 0.350. The molecule has 1 atom stereocenters. The van der Waals surface area contributed by atoms with Gasteiger partial charge in [0.05, 0.1) is 17.4 Å². The van der Waals surface area contributed by atoms with Crippen LogP contribution in [0, 0.1) is 15.9 Å². The molecule has 0 fully saturated rings. The highest BCUT2D eigenvalue weighted by Crippen LogP contribution is 2.40. The Bertz CT molecular complexity index is 1020. The average Bonchev–Trinajstić information content (AvgIpc) is 2.58. The zero-order valence-corrected chi connectivity index (χ0v) is 19.5. The molecule has 2 aromatic carbocycles. The molecule has 0 aromatic heterocycles. The molecule has 0 heterocycles. The number of alkyl halides is 2. The first kappa shape index (κ1) is 25.7. The third-order valence-corrected chi connectivity index (χ3v) is 4.82. The van der Waals surface area contributed by atoms with Gasteiger partial charge in [-0.2, -0.15) is 13.2 Å². The number of hydrogen-bond donors (Lipinski definition) is 1. The lowest BCUT2D eigenvalue weighted by Crippen LogP contribution is -2.27. The molecular formula is C20H19BrClF3N2O5. The first-order chi connectivity index (χ1) is 14.8. The molecule has 0 bridgehead atoms. The molecule has 0 aliphatic heterocycles. The van der Waals surface area contributed by atoms with Gasteiger partial charge in [0.25, 0.3) is 0 Å². The van der Waals surface area contributed by atoms with Crippen molar-refractivity contribution in [2.75, 3.05) is 5.32 Å². The number of halogens is 5. The van der Waals surface area contributed by atoms with Crippen LogP contribution in [-0.4, -0.2) is 23.1 Å². The molecule has 0 saturated heterocycles. The molecule has 0 saturated carbocycles. The van der Waals surface area contributed by atoms with Crippen LogP contribution < -0.4 is 10.1 Å². The van der Waals surface area contributed by atoms with Crippen LogP contribution in [-0.2, 0) is 9.53 Å². The van der Waals surface area contributed by atoms with Crippen LogP contribution in [0.2, 0.25) is 5.02 Å². The summed E-state index contributed by atoms with van der Waals surface area (Å²) in [6.07, 6.45) is -0.454. The minimum absolute atomic E-state index is 0.0494. The summed E-state index contributed by atoms with van der Waals surface area (Å²) in [6.45, 7) is 1.72. The fourth-order valence-corrected chi connectivity index (χ4v) is 3.71. The molecule has 0 aliphatic carbocycles. The lowest BCUT2D eigenvalue weighted by Gasteiger charge is -2.26. The van der Waals surface area contributed by atoms with E-state index in [4.69, 9.17) is 16.3 Å². The molecule has 1 N–H and O–H groups in total. The van der Waals surface area contributed by atoms with E-state index >= 15 is 0 Å². The normalized spacial score (nSPS) is 12.4. The van der Waals surface area contributed by atoms with Crippen molar-refractivity contribution in [3.63, 3.8) is 0 Å². The number of nitro benzene ring substituents is 1. The van der Waals surface area contributed by atoms with Crippen LogP contribution in [0.3, 0.4) is 0 Å². The summed E-state index contributed by atoms with van der Waals surface area (Å²) in [5, 5.41) is 13.9. The van der Waals surface area contributed by atoms with Gasteiger partial charge < -0.3 is 14.8 Å². The van der Waals surface area contributed by atoms with Gasteiger partial charge >= 0.3 is 18.3 Å². The van der Waals surface area contributed by atoms with E-state index in [2.05, 4.69) is 26.0 Å². The van der Waals surface area contributed by atoms with Crippen LogP contribution >= 0.6 is 27.5 Å². The molecule has 0 spiro atoms. The number of rotatable bonds is 8. The van der Waals surface area contributed by atoms with Gasteiger partial charge in [0.15, 0.2) is 0 Å². The lowest BCUT2D eigenvalue weighted by atomic mass is 10.0. The maximum atomic E-state index is 14.2. The van der Waals surface area contributed by atoms with Gasteiger partial charge in [0.2, 0.25) is 5.82 Å². The number of ether oxygens (including phenoxy) is 2. The maximum Gasteiger partial charge on any atom is 0.387 e. The first-order valence-corrected chi connectivity index (χ1v) is 10.3. The van der Waals surface area contributed by atoms with Gasteiger partial charge in [0, 0.05) is 15.1 Å². The van der Waals surface area contributed by atoms with Gasteiger partial charge in [-0.15, -0.1) is 0 Å². The average molecular weight is 540 g/mol. The van der Waals surface area contributed by atoms with Crippen molar-refractivity contribution in [2.45, 2.75) is 45.4 Å². The highest BCUT2D eigenvalue weighted by atomic mass is 79.9. The van der Waals surface area contributed by atoms with Gasteiger partial charge in [-0.3, -0.25) is 14.9 Å². The van der Waals surface area contributed by atoms with Crippen LogP contribution in [0.4, 0.5) is 24.5 Å². The van der Waals surface area contributed by atoms with E-state index in [1.807, 2.05) is 0 Å². The Labute approximate surface area is 195 Å². The zero-order chi connectivity index (χ0) is 24.2. The largest absolute Gasteiger partial charge is 0.460 e. The standard InChI is InChI=1S/C20H19BrClF3N2O5/c1-20(2,3)32-16(28)9-13(17-11(21)5-4-6-15(17)31-19(24)25)26-14-8-10(22)7-12(23)18(14)27(29)30/h4-8,13,19,26H,9H2,1-3H3/t13-/m1/s1. The predicted molar refractivity (Wildman–Crippen MR) is 116 cm³/mol. The Hall–Kier alpha value is -2.53. The second-order valence-corrected chi connectivity index (χ2v) is 8.85. The predicted octanol–water partition coefficient (Wildman–Crippen LogP) is 6.64. The summed E-state index contributed by atoms with van der Waals surface area (Å²) >= 11 is 9.08. The number of carbonyl (C=O) groups excluding carboxylic acids is 1. The van der Waals surface area contributed by atoms with E-state index in [0.717, 1.165) is 12.1 Å². The Balaban J connectivity index is 2.60. The second-order valence-electron chi connectivity index (χ2n) is 7.56.